The van der Waals surface area contributed by atoms with Crippen LogP contribution in [-0.4, -0.2) is 51.2 Å². The molecular weight excluding hydrogens is 508 g/mol. The number of pyridine rings is 1. The third kappa shape index (κ3) is 9.55. The Morgan fingerprint density at radius 2 is 1.77 bits per heavy atom. The SMILES string of the molecule is CC(C)(C)OC(=O)NCC1CCC(C(=O)N[C@@H](Cc2ccc(Oc3ccc([N+](=O)[O-])cn3)cc2)C(=O)O)CC1. The summed E-state index contributed by atoms with van der Waals surface area (Å²) in [6, 6.07) is 8.21. The van der Waals surface area contributed by atoms with Gasteiger partial charge < -0.3 is 25.2 Å². The van der Waals surface area contributed by atoms with Crippen molar-refractivity contribution in [2.45, 2.75) is 64.5 Å². The van der Waals surface area contributed by atoms with Crippen LogP contribution in [-0.2, 0) is 20.7 Å². The monoisotopic (exact) mass is 542 g/mol. The number of benzene rings is 1. The highest BCUT2D eigenvalue weighted by molar-refractivity contribution is 5.85. The molecule has 1 heterocycles. The molecule has 0 bridgehead atoms. The average molecular weight is 543 g/mol. The van der Waals surface area contributed by atoms with Gasteiger partial charge in [0.15, 0.2) is 0 Å². The highest BCUT2D eigenvalue weighted by Crippen LogP contribution is 2.29. The van der Waals surface area contributed by atoms with Crippen molar-refractivity contribution in [1.82, 2.24) is 15.6 Å². The van der Waals surface area contributed by atoms with Crippen LogP contribution in [0.3, 0.4) is 0 Å². The topological polar surface area (TPSA) is 170 Å². The van der Waals surface area contributed by atoms with E-state index in [1.165, 1.54) is 12.1 Å². The summed E-state index contributed by atoms with van der Waals surface area (Å²) in [4.78, 5) is 50.6. The van der Waals surface area contributed by atoms with Crippen LogP contribution >= 0.6 is 0 Å². The molecule has 210 valence electrons. The zero-order valence-corrected chi connectivity index (χ0v) is 22.2. The molecule has 1 aliphatic rings. The quantitative estimate of drug-likeness (QED) is 0.294. The summed E-state index contributed by atoms with van der Waals surface area (Å²) in [6.07, 6.45) is 3.44. The lowest BCUT2D eigenvalue weighted by Gasteiger charge is -2.29. The van der Waals surface area contributed by atoms with Crippen molar-refractivity contribution in [3.05, 3.63) is 58.3 Å². The van der Waals surface area contributed by atoms with Gasteiger partial charge in [-0.1, -0.05) is 12.1 Å². The number of nitrogens with one attached hydrogen (secondary N) is 2. The van der Waals surface area contributed by atoms with Crippen molar-refractivity contribution < 1.29 is 33.9 Å². The van der Waals surface area contributed by atoms with Crippen LogP contribution in [0.15, 0.2) is 42.6 Å². The van der Waals surface area contributed by atoms with Gasteiger partial charge in [-0.15, -0.1) is 0 Å². The highest BCUT2D eigenvalue weighted by atomic mass is 16.6. The van der Waals surface area contributed by atoms with E-state index in [1.807, 2.05) is 0 Å². The summed E-state index contributed by atoms with van der Waals surface area (Å²) in [7, 11) is 0. The van der Waals surface area contributed by atoms with Gasteiger partial charge in [0, 0.05) is 31.0 Å². The Balaban J connectivity index is 1.46. The second-order valence-corrected chi connectivity index (χ2v) is 10.6. The van der Waals surface area contributed by atoms with Gasteiger partial charge >= 0.3 is 12.1 Å². The summed E-state index contributed by atoms with van der Waals surface area (Å²) in [5.41, 5.74) is -0.0327. The number of nitrogens with zero attached hydrogens (tertiary/aromatic N) is 2. The Morgan fingerprint density at radius 3 is 2.31 bits per heavy atom. The lowest BCUT2D eigenvalue weighted by Crippen LogP contribution is -2.46. The molecule has 3 rings (SSSR count). The minimum absolute atomic E-state index is 0.0896. The van der Waals surface area contributed by atoms with E-state index in [9.17, 15) is 29.6 Å². The van der Waals surface area contributed by atoms with Crippen LogP contribution in [0.5, 0.6) is 11.6 Å². The summed E-state index contributed by atoms with van der Waals surface area (Å²) in [5.74, 6) is -0.860. The van der Waals surface area contributed by atoms with Crippen LogP contribution in [0.2, 0.25) is 0 Å². The number of aliphatic carboxylic acids is 1. The first-order chi connectivity index (χ1) is 18.4. The first-order valence-corrected chi connectivity index (χ1v) is 12.8. The molecule has 0 spiro atoms. The number of ether oxygens (including phenoxy) is 2. The number of carboxylic acids is 1. The number of amides is 2. The predicted molar refractivity (Wildman–Crippen MR) is 140 cm³/mol. The number of hydrogen-bond acceptors (Lipinski definition) is 8. The van der Waals surface area contributed by atoms with Crippen LogP contribution < -0.4 is 15.4 Å². The second-order valence-electron chi connectivity index (χ2n) is 10.6. The van der Waals surface area contributed by atoms with Gasteiger partial charge in [-0.3, -0.25) is 14.9 Å². The van der Waals surface area contributed by atoms with Crippen molar-refractivity contribution in [2.75, 3.05) is 6.54 Å². The Kier molecular flexibility index (Phi) is 9.80. The molecular formula is C27H34N4O8. The zero-order valence-electron chi connectivity index (χ0n) is 22.2. The normalized spacial score (nSPS) is 17.9. The lowest BCUT2D eigenvalue weighted by atomic mass is 9.81. The Hall–Kier alpha value is -4.22. The molecule has 1 aromatic carbocycles. The molecule has 1 fully saturated rings. The van der Waals surface area contributed by atoms with Crippen LogP contribution in [0.25, 0.3) is 0 Å². The molecule has 0 unspecified atom stereocenters. The number of hydrogen-bond donors (Lipinski definition) is 3. The first kappa shape index (κ1) is 29.3. The van der Waals surface area contributed by atoms with Gasteiger partial charge in [0.25, 0.3) is 5.69 Å². The summed E-state index contributed by atoms with van der Waals surface area (Å²) < 4.78 is 10.8. The predicted octanol–water partition coefficient (Wildman–Crippen LogP) is 4.23. The van der Waals surface area contributed by atoms with Gasteiger partial charge in [-0.05, 0) is 70.1 Å². The molecule has 1 aliphatic carbocycles. The van der Waals surface area contributed by atoms with Gasteiger partial charge in [-0.25, -0.2) is 14.6 Å². The van der Waals surface area contributed by atoms with E-state index in [0.29, 0.717) is 30.7 Å². The second kappa shape index (κ2) is 13.0. The van der Waals surface area contributed by atoms with Crippen LogP contribution in [0, 0.1) is 22.0 Å². The maximum Gasteiger partial charge on any atom is 0.407 e. The summed E-state index contributed by atoms with van der Waals surface area (Å²) in [6.45, 7) is 5.87. The lowest BCUT2D eigenvalue weighted by molar-refractivity contribution is -0.385. The minimum atomic E-state index is -1.13. The summed E-state index contributed by atoms with van der Waals surface area (Å²) >= 11 is 0. The largest absolute Gasteiger partial charge is 0.480 e. The molecule has 0 saturated heterocycles. The molecule has 2 amide bonds. The van der Waals surface area contributed by atoms with Gasteiger partial charge in [-0.2, -0.15) is 0 Å². The molecule has 2 aromatic rings. The standard InChI is InChI=1S/C27H34N4O8/c1-27(2,3)39-26(35)29-15-18-4-8-19(9-5-18)24(32)30-22(25(33)34)14-17-6-11-21(12-7-17)38-23-13-10-20(16-28-23)31(36)37/h6-7,10-13,16,18-19,22H,4-5,8-9,14-15H2,1-3H3,(H,29,35)(H,30,32)(H,33,34)/t18?,19?,22-/m0/s1. The molecule has 1 atom stereocenters. The number of carbonyl (C=O) groups excluding carboxylic acids is 2. The fourth-order valence-electron chi connectivity index (χ4n) is 4.25. The molecule has 39 heavy (non-hydrogen) atoms. The number of carbonyl (C=O) groups is 3. The fraction of sp³-hybridized carbons (Fsp3) is 0.481. The third-order valence-corrected chi connectivity index (χ3v) is 6.28. The third-order valence-electron chi connectivity index (χ3n) is 6.28. The molecule has 1 saturated carbocycles. The molecule has 0 radical (unpaired) electrons. The van der Waals surface area contributed by atoms with Gasteiger partial charge in [0.05, 0.1) is 4.92 Å². The number of aromatic nitrogens is 1. The van der Waals surface area contributed by atoms with E-state index >= 15 is 0 Å². The molecule has 1 aromatic heterocycles. The minimum Gasteiger partial charge on any atom is -0.480 e. The van der Waals surface area contributed by atoms with Gasteiger partial charge in [0.1, 0.15) is 23.6 Å². The highest BCUT2D eigenvalue weighted by Gasteiger charge is 2.30. The maximum atomic E-state index is 12.8. The molecule has 12 nitrogen and oxygen atoms in total. The van der Waals surface area contributed by atoms with Crippen molar-refractivity contribution in [3.63, 3.8) is 0 Å². The summed E-state index contributed by atoms with van der Waals surface area (Å²) in [5, 5.41) is 25.9. The Labute approximate surface area is 226 Å². The van der Waals surface area contributed by atoms with Crippen molar-refractivity contribution in [1.29, 1.82) is 0 Å². The van der Waals surface area contributed by atoms with E-state index in [4.69, 9.17) is 9.47 Å². The van der Waals surface area contributed by atoms with Crippen molar-refractivity contribution in [2.24, 2.45) is 11.8 Å². The Morgan fingerprint density at radius 1 is 1.10 bits per heavy atom. The smallest absolute Gasteiger partial charge is 0.407 e. The number of rotatable bonds is 10. The molecule has 0 aliphatic heterocycles. The Bertz CT molecular complexity index is 1150. The molecule has 3 N–H and O–H groups in total. The van der Waals surface area contributed by atoms with E-state index < -0.39 is 28.6 Å². The fourth-order valence-corrected chi connectivity index (χ4v) is 4.25. The number of alkyl carbamates (subject to hydrolysis) is 1. The number of carboxylic acid groups (broad SMARTS) is 1. The average Bonchev–Trinajstić information content (AvgIpc) is 2.87. The number of nitro groups is 1. The van der Waals surface area contributed by atoms with Crippen molar-refractivity contribution in [3.8, 4) is 11.6 Å². The van der Waals surface area contributed by atoms with Crippen LogP contribution in [0.4, 0.5) is 10.5 Å². The van der Waals surface area contributed by atoms with E-state index in [2.05, 4.69) is 15.6 Å². The van der Waals surface area contributed by atoms with Crippen LogP contribution in [0.1, 0.15) is 52.0 Å². The van der Waals surface area contributed by atoms with E-state index in [0.717, 1.165) is 19.0 Å². The van der Waals surface area contributed by atoms with E-state index in [1.54, 1.807) is 45.0 Å². The zero-order chi connectivity index (χ0) is 28.6. The first-order valence-electron chi connectivity index (χ1n) is 12.8. The molecule has 12 heteroatoms. The van der Waals surface area contributed by atoms with Gasteiger partial charge in [0.2, 0.25) is 11.8 Å². The van der Waals surface area contributed by atoms with Crippen molar-refractivity contribution >= 4 is 23.7 Å². The van der Waals surface area contributed by atoms with E-state index in [-0.39, 0.29) is 35.7 Å². The maximum absolute atomic E-state index is 12.8.